The zero-order chi connectivity index (χ0) is 23.5. The molecule has 0 N–H and O–H groups in total. The summed E-state index contributed by atoms with van der Waals surface area (Å²) in [5.74, 6) is 1.16. The molecule has 4 rings (SSSR count). The summed E-state index contributed by atoms with van der Waals surface area (Å²) in [4.78, 5) is 27.5. The van der Waals surface area contributed by atoms with Crippen LogP contribution in [0.2, 0.25) is 0 Å². The lowest BCUT2D eigenvalue weighted by atomic mass is 10.2. The Morgan fingerprint density at radius 2 is 1.94 bits per heavy atom. The minimum atomic E-state index is -0.427. The second-order valence-electron chi connectivity index (χ2n) is 8.24. The molecule has 174 valence electrons. The van der Waals surface area contributed by atoms with Crippen LogP contribution in [0.4, 0.5) is 5.69 Å². The number of nitro benzene ring substituents is 1. The predicted octanol–water partition coefficient (Wildman–Crippen LogP) is 3.08. The fourth-order valence-corrected chi connectivity index (χ4v) is 3.96. The van der Waals surface area contributed by atoms with Crippen molar-refractivity contribution in [2.24, 2.45) is 7.05 Å². The molecule has 1 saturated heterocycles. The summed E-state index contributed by atoms with van der Waals surface area (Å²) in [5, 5.41) is 15.3. The number of aryl methyl sites for hydroxylation is 3. The number of nitro groups is 1. The number of hydrogen-bond donors (Lipinski definition) is 0. The maximum atomic E-state index is 12.9. The highest BCUT2D eigenvalue weighted by atomic mass is 16.6. The van der Waals surface area contributed by atoms with Gasteiger partial charge in [-0.1, -0.05) is 0 Å². The number of hydrogen-bond acceptors (Lipinski definition) is 7. The van der Waals surface area contributed by atoms with Crippen molar-refractivity contribution < 1.29 is 18.9 Å². The van der Waals surface area contributed by atoms with Gasteiger partial charge in [0.25, 0.3) is 11.6 Å². The maximum Gasteiger partial charge on any atom is 0.289 e. The smallest absolute Gasteiger partial charge is 0.289 e. The van der Waals surface area contributed by atoms with Crippen LogP contribution >= 0.6 is 0 Å². The average molecular weight is 453 g/mol. The van der Waals surface area contributed by atoms with E-state index in [9.17, 15) is 14.9 Å². The van der Waals surface area contributed by atoms with Gasteiger partial charge < -0.3 is 14.1 Å². The molecule has 1 aliphatic heterocycles. The summed E-state index contributed by atoms with van der Waals surface area (Å²) in [6, 6.07) is 7.95. The Kier molecular flexibility index (Phi) is 6.45. The molecule has 1 aliphatic rings. The summed E-state index contributed by atoms with van der Waals surface area (Å²) in [5.41, 5.74) is 2.80. The van der Waals surface area contributed by atoms with Crippen molar-refractivity contribution in [2.45, 2.75) is 27.0 Å². The van der Waals surface area contributed by atoms with Crippen molar-refractivity contribution in [3.8, 4) is 5.75 Å². The Morgan fingerprint density at radius 1 is 1.18 bits per heavy atom. The molecule has 0 saturated carbocycles. The van der Waals surface area contributed by atoms with Crippen LogP contribution in [0.3, 0.4) is 0 Å². The van der Waals surface area contributed by atoms with Gasteiger partial charge in [0.15, 0.2) is 5.76 Å². The van der Waals surface area contributed by atoms with Gasteiger partial charge >= 0.3 is 0 Å². The van der Waals surface area contributed by atoms with Crippen molar-refractivity contribution in [3.05, 3.63) is 75.0 Å². The number of aromatic nitrogens is 2. The summed E-state index contributed by atoms with van der Waals surface area (Å²) >= 11 is 0. The molecule has 1 amide bonds. The summed E-state index contributed by atoms with van der Waals surface area (Å²) < 4.78 is 13.2. The number of furan rings is 1. The van der Waals surface area contributed by atoms with Gasteiger partial charge in [-0.05, 0) is 38.1 Å². The van der Waals surface area contributed by atoms with Crippen molar-refractivity contribution in [2.75, 3.05) is 26.2 Å². The van der Waals surface area contributed by atoms with E-state index in [0.29, 0.717) is 30.2 Å². The Hall–Kier alpha value is -3.66. The molecule has 0 spiro atoms. The number of carbonyl (C=O) groups excluding carboxylic acids is 1. The number of carbonyl (C=O) groups is 1. The van der Waals surface area contributed by atoms with Crippen molar-refractivity contribution in [3.63, 3.8) is 0 Å². The molecule has 0 bridgehead atoms. The first-order valence-electron chi connectivity index (χ1n) is 10.8. The van der Waals surface area contributed by atoms with E-state index in [0.717, 1.165) is 25.3 Å². The third-order valence-corrected chi connectivity index (χ3v) is 5.79. The second-order valence-corrected chi connectivity index (χ2v) is 8.24. The van der Waals surface area contributed by atoms with Crippen molar-refractivity contribution in [1.29, 1.82) is 0 Å². The van der Waals surface area contributed by atoms with Crippen LogP contribution < -0.4 is 4.74 Å². The number of piperazine rings is 1. The van der Waals surface area contributed by atoms with Crippen LogP contribution in [-0.2, 0) is 20.2 Å². The Labute approximate surface area is 191 Å². The first kappa shape index (κ1) is 22.5. The third-order valence-electron chi connectivity index (χ3n) is 5.79. The van der Waals surface area contributed by atoms with Gasteiger partial charge in [-0.25, -0.2) is 0 Å². The van der Waals surface area contributed by atoms with E-state index in [2.05, 4.69) is 10.00 Å². The molecule has 33 heavy (non-hydrogen) atoms. The van der Waals surface area contributed by atoms with Gasteiger partial charge in [0.05, 0.1) is 10.6 Å². The van der Waals surface area contributed by atoms with Gasteiger partial charge in [0.2, 0.25) is 0 Å². The number of nitrogens with zero attached hydrogens (tertiary/aromatic N) is 5. The molecule has 1 aromatic carbocycles. The molecule has 0 unspecified atom stereocenters. The third kappa shape index (κ3) is 5.23. The molecular weight excluding hydrogens is 426 g/mol. The molecular formula is C23H27N5O5. The lowest BCUT2D eigenvalue weighted by Gasteiger charge is -2.34. The van der Waals surface area contributed by atoms with Crippen LogP contribution in [0.1, 0.15) is 33.1 Å². The summed E-state index contributed by atoms with van der Waals surface area (Å²) in [6.07, 6.45) is 2.04. The topological polar surface area (TPSA) is 107 Å². The van der Waals surface area contributed by atoms with Gasteiger partial charge in [-0.2, -0.15) is 5.10 Å². The van der Waals surface area contributed by atoms with E-state index in [4.69, 9.17) is 9.15 Å². The van der Waals surface area contributed by atoms with Gasteiger partial charge in [0, 0.05) is 63.2 Å². The van der Waals surface area contributed by atoms with E-state index in [1.54, 1.807) is 36.1 Å². The van der Waals surface area contributed by atoms with Crippen LogP contribution in [0, 0.1) is 24.0 Å². The Bertz CT molecular complexity index is 1160. The molecule has 3 aromatic rings. The molecule has 0 radical (unpaired) electrons. The molecule has 0 aliphatic carbocycles. The highest BCUT2D eigenvalue weighted by Gasteiger charge is 2.25. The van der Waals surface area contributed by atoms with Crippen LogP contribution in [0.25, 0.3) is 0 Å². The fraction of sp³-hybridized carbons (Fsp3) is 0.391. The minimum Gasteiger partial charge on any atom is -0.486 e. The molecule has 2 aromatic heterocycles. The van der Waals surface area contributed by atoms with E-state index in [1.165, 1.54) is 11.6 Å². The number of rotatable bonds is 7. The molecule has 10 heteroatoms. The maximum absolute atomic E-state index is 12.9. The lowest BCUT2D eigenvalue weighted by Crippen LogP contribution is -2.48. The fourth-order valence-electron chi connectivity index (χ4n) is 3.96. The van der Waals surface area contributed by atoms with Gasteiger partial charge in [-0.3, -0.25) is 24.5 Å². The SMILES string of the molecule is Cc1cc(OCc2ccc(C(=O)N3CCN(Cc4cn(C)nc4C)CC3)o2)ccc1[N+](=O)[O-]. The van der Waals surface area contributed by atoms with Crippen LogP contribution in [0.5, 0.6) is 5.75 Å². The van der Waals surface area contributed by atoms with Crippen molar-refractivity contribution in [1.82, 2.24) is 19.6 Å². The Morgan fingerprint density at radius 3 is 2.58 bits per heavy atom. The van der Waals surface area contributed by atoms with E-state index < -0.39 is 4.92 Å². The average Bonchev–Trinajstić information content (AvgIpc) is 3.38. The zero-order valence-electron chi connectivity index (χ0n) is 19.0. The zero-order valence-corrected chi connectivity index (χ0v) is 19.0. The van der Waals surface area contributed by atoms with Gasteiger partial charge in [-0.15, -0.1) is 0 Å². The number of benzene rings is 1. The largest absolute Gasteiger partial charge is 0.486 e. The highest BCUT2D eigenvalue weighted by molar-refractivity contribution is 5.91. The normalized spacial score (nSPS) is 14.5. The van der Waals surface area contributed by atoms with E-state index >= 15 is 0 Å². The molecule has 0 atom stereocenters. The summed E-state index contributed by atoms with van der Waals surface area (Å²) in [6.45, 7) is 7.46. The van der Waals surface area contributed by atoms with Crippen LogP contribution in [0.15, 0.2) is 40.9 Å². The molecule has 1 fully saturated rings. The minimum absolute atomic E-state index is 0.0453. The Balaban J connectivity index is 1.29. The number of ether oxygens (including phenoxy) is 1. The molecule has 3 heterocycles. The first-order chi connectivity index (χ1) is 15.8. The van der Waals surface area contributed by atoms with Crippen molar-refractivity contribution >= 4 is 11.6 Å². The quantitative estimate of drug-likeness (QED) is 0.400. The molecule has 10 nitrogen and oxygen atoms in total. The highest BCUT2D eigenvalue weighted by Crippen LogP contribution is 2.24. The van der Waals surface area contributed by atoms with E-state index in [1.807, 2.05) is 24.9 Å². The lowest BCUT2D eigenvalue weighted by molar-refractivity contribution is -0.385. The second kappa shape index (κ2) is 9.45. The number of amides is 1. The predicted molar refractivity (Wildman–Crippen MR) is 120 cm³/mol. The summed E-state index contributed by atoms with van der Waals surface area (Å²) in [7, 11) is 1.92. The van der Waals surface area contributed by atoms with Gasteiger partial charge in [0.1, 0.15) is 18.1 Å². The monoisotopic (exact) mass is 453 g/mol. The standard InChI is InChI=1S/C23H27N5O5/c1-16-12-19(4-6-21(16)28(30)31)32-15-20-5-7-22(33-20)23(29)27-10-8-26(9-11-27)14-18-13-25(3)24-17(18)2/h4-7,12-13H,8-11,14-15H2,1-3H3. The van der Waals surface area contributed by atoms with Crippen LogP contribution in [-0.4, -0.2) is 56.6 Å². The van der Waals surface area contributed by atoms with E-state index in [-0.39, 0.29) is 24.0 Å². The first-order valence-corrected chi connectivity index (χ1v) is 10.8.